The third-order valence-electron chi connectivity index (χ3n) is 7.86. The molecule has 0 aromatic heterocycles. The fourth-order valence-electron chi connectivity index (χ4n) is 5.33. The van der Waals surface area contributed by atoms with Crippen LogP contribution in [-0.4, -0.2) is 12.4 Å². The smallest absolute Gasteiger partial charge is 0.279 e. The van der Waals surface area contributed by atoms with Crippen LogP contribution in [0.4, 0.5) is 0 Å². The van der Waals surface area contributed by atoms with E-state index in [1.807, 2.05) is 0 Å². The maximum atomic E-state index is 4.35. The molecule has 0 aromatic carbocycles. The van der Waals surface area contributed by atoms with Crippen LogP contribution in [-0.2, 0) is 0 Å². The molecule has 0 saturated heterocycles. The molecule has 0 rings (SSSR count). The van der Waals surface area contributed by atoms with Gasteiger partial charge in [-0.25, -0.2) is 0 Å². The van der Waals surface area contributed by atoms with Crippen LogP contribution in [0, 0.1) is 0 Å². The Hall–Kier alpha value is -0.260. The van der Waals surface area contributed by atoms with E-state index in [2.05, 4.69) is 25.2 Å². The van der Waals surface area contributed by atoms with Gasteiger partial charge in [-0.2, -0.15) is 0 Å². The van der Waals surface area contributed by atoms with E-state index < -0.39 is 0 Å². The average Bonchev–Trinajstić information content (AvgIpc) is 2.87. The second-order valence-electron chi connectivity index (χ2n) is 11.4. The van der Waals surface area contributed by atoms with Crippen molar-refractivity contribution in [2.45, 2.75) is 206 Å². The van der Waals surface area contributed by atoms with E-state index in [1.165, 1.54) is 198 Å². The Bertz CT molecular complexity index is 406. The highest BCUT2D eigenvalue weighted by Gasteiger charge is 2.08. The summed E-state index contributed by atoms with van der Waals surface area (Å²) in [6.07, 6.45) is 42.5. The quantitative estimate of drug-likeness (QED) is 0.0504. The highest BCUT2D eigenvalue weighted by atomic mass is 35.5. The van der Waals surface area contributed by atoms with E-state index in [1.54, 1.807) is 0 Å². The Balaban J connectivity index is 0. The van der Waals surface area contributed by atoms with E-state index in [9.17, 15) is 0 Å². The van der Waals surface area contributed by atoms with Gasteiger partial charge in [-0.3, -0.25) is 0 Å². The van der Waals surface area contributed by atoms with Crippen LogP contribution in [0.25, 0.3) is 0 Å². The molecule has 0 amide bonds. The minimum atomic E-state index is 0. The third kappa shape index (κ3) is 31.8. The largest absolute Gasteiger partial charge is 1.00 e. The molecular formula is C34H68ClN. The first-order chi connectivity index (χ1) is 17.3. The molecule has 1 nitrogen and oxygen atoms in total. The van der Waals surface area contributed by atoms with Gasteiger partial charge in [0.15, 0.2) is 0 Å². The molecule has 36 heavy (non-hydrogen) atoms. The minimum Gasteiger partial charge on any atom is -1.00 e. The summed E-state index contributed by atoms with van der Waals surface area (Å²) in [5.74, 6) is 0. The Morgan fingerprint density at radius 3 is 0.750 bits per heavy atom. The summed E-state index contributed by atoms with van der Waals surface area (Å²) < 4.78 is 4.35. The minimum absolute atomic E-state index is 0. The van der Waals surface area contributed by atoms with Gasteiger partial charge in [0.05, 0.1) is 0 Å². The zero-order valence-electron chi connectivity index (χ0n) is 25.2. The monoisotopic (exact) mass is 526 g/mol. The van der Waals surface area contributed by atoms with Crippen molar-refractivity contribution in [2.75, 3.05) is 0 Å². The van der Waals surface area contributed by atoms with Gasteiger partial charge in [-0.05, 0) is 12.8 Å². The van der Waals surface area contributed by atoms with Crippen molar-refractivity contribution in [2.24, 2.45) is 0 Å². The lowest BCUT2D eigenvalue weighted by atomic mass is 10.0. The predicted molar refractivity (Wildman–Crippen MR) is 164 cm³/mol. The molecule has 0 fully saturated rings. The zero-order chi connectivity index (χ0) is 25.5. The highest BCUT2D eigenvalue weighted by Crippen LogP contribution is 2.15. The second kappa shape index (κ2) is 34.7. The first-order valence-electron chi connectivity index (χ1n) is 16.7. The van der Waals surface area contributed by atoms with Crippen LogP contribution in [0.2, 0.25) is 0 Å². The molecule has 0 heterocycles. The summed E-state index contributed by atoms with van der Waals surface area (Å²) in [6, 6.07) is 0. The lowest BCUT2D eigenvalue weighted by Crippen LogP contribution is -3.00. The van der Waals surface area contributed by atoms with Crippen LogP contribution < -0.4 is 17.1 Å². The SMILES string of the molecule is C=[N+]=C(CCCCCCCCCCCCCCCC)CCCCCCCCCCCCCCCC.[Cl-]. The molecular weight excluding hydrogens is 458 g/mol. The fraction of sp³-hybridized carbons (Fsp3) is 0.941. The Kier molecular flexibility index (Phi) is 36.6. The van der Waals surface area contributed by atoms with Crippen LogP contribution in [0.3, 0.4) is 0 Å². The molecule has 0 N–H and O–H groups in total. The number of halogens is 1. The van der Waals surface area contributed by atoms with Crippen molar-refractivity contribution in [3.63, 3.8) is 0 Å². The van der Waals surface area contributed by atoms with Gasteiger partial charge in [0.2, 0.25) is 0 Å². The number of rotatable bonds is 30. The molecule has 216 valence electrons. The normalized spacial score (nSPS) is 10.8. The number of hydrogen-bond donors (Lipinski definition) is 0. The van der Waals surface area contributed by atoms with E-state index >= 15 is 0 Å². The van der Waals surface area contributed by atoms with E-state index in [-0.39, 0.29) is 12.4 Å². The molecule has 0 atom stereocenters. The van der Waals surface area contributed by atoms with Gasteiger partial charge < -0.3 is 12.4 Å². The summed E-state index contributed by atoms with van der Waals surface area (Å²) in [6.45, 7) is 8.44. The van der Waals surface area contributed by atoms with Crippen molar-refractivity contribution in [1.82, 2.24) is 4.67 Å². The van der Waals surface area contributed by atoms with Crippen molar-refractivity contribution in [3.8, 4) is 0 Å². The van der Waals surface area contributed by atoms with Crippen LogP contribution >= 0.6 is 0 Å². The van der Waals surface area contributed by atoms with Gasteiger partial charge in [0.25, 0.3) is 12.4 Å². The summed E-state index contributed by atoms with van der Waals surface area (Å²) in [5.41, 5.74) is 1.38. The molecule has 0 unspecified atom stereocenters. The molecule has 2 heteroatoms. The standard InChI is InChI=1S/C34H68N.ClH/c1-4-6-8-10-12-14-16-18-20-22-24-26-28-30-32-34(35-3)33-31-29-27-25-23-21-19-17-15-13-11-9-7-5-2;/h3-33H2,1-2H3;1H/q+1;/p-1. The number of nitrogens with zero attached hydrogens (tertiary/aromatic N) is 1. The molecule has 0 aliphatic carbocycles. The van der Waals surface area contributed by atoms with Gasteiger partial charge in [0, 0.05) is 12.8 Å². The number of hydrogen-bond acceptors (Lipinski definition) is 0. The zero-order valence-corrected chi connectivity index (χ0v) is 26.0. The van der Waals surface area contributed by atoms with Gasteiger partial charge >= 0.3 is 0 Å². The Morgan fingerprint density at radius 2 is 0.556 bits per heavy atom. The van der Waals surface area contributed by atoms with E-state index in [0.717, 1.165) is 0 Å². The van der Waals surface area contributed by atoms with Crippen molar-refractivity contribution in [3.05, 3.63) is 0 Å². The van der Waals surface area contributed by atoms with E-state index in [0.29, 0.717) is 0 Å². The first kappa shape index (κ1) is 37.9. The van der Waals surface area contributed by atoms with Crippen molar-refractivity contribution < 1.29 is 12.4 Å². The van der Waals surface area contributed by atoms with Crippen LogP contribution in [0.1, 0.15) is 206 Å². The maximum Gasteiger partial charge on any atom is 0.279 e. The molecule has 0 aromatic rings. The van der Waals surface area contributed by atoms with E-state index in [4.69, 9.17) is 0 Å². The van der Waals surface area contributed by atoms with Crippen LogP contribution in [0.15, 0.2) is 0 Å². The predicted octanol–water partition coefficient (Wildman–Crippen LogP) is 8.94. The summed E-state index contributed by atoms with van der Waals surface area (Å²) in [5, 5.41) is 0. The van der Waals surface area contributed by atoms with Crippen LogP contribution in [0.5, 0.6) is 0 Å². The van der Waals surface area contributed by atoms with Gasteiger partial charge in [-0.1, -0.05) is 181 Å². The molecule has 0 aliphatic heterocycles. The number of unbranched alkanes of at least 4 members (excludes halogenated alkanes) is 26. The molecule has 0 spiro atoms. The first-order valence-corrected chi connectivity index (χ1v) is 16.7. The summed E-state index contributed by atoms with van der Waals surface area (Å²) in [4.78, 5) is 0. The maximum absolute atomic E-state index is 4.35. The lowest BCUT2D eigenvalue weighted by Gasteiger charge is -2.03. The Labute approximate surface area is 235 Å². The molecule has 0 saturated carbocycles. The molecule has 0 radical (unpaired) electrons. The summed E-state index contributed by atoms with van der Waals surface area (Å²) >= 11 is 0. The topological polar surface area (TPSA) is 14.1 Å². The molecule has 0 aliphatic rings. The second-order valence-corrected chi connectivity index (χ2v) is 11.4. The average molecular weight is 526 g/mol. The molecule has 0 bridgehead atoms. The van der Waals surface area contributed by atoms with Gasteiger partial charge in [-0.15, -0.1) is 4.67 Å². The summed E-state index contributed by atoms with van der Waals surface area (Å²) in [7, 11) is 0. The third-order valence-corrected chi connectivity index (χ3v) is 7.86. The highest BCUT2D eigenvalue weighted by molar-refractivity contribution is 5.84. The lowest BCUT2D eigenvalue weighted by molar-refractivity contribution is -0.00000791. The fourth-order valence-corrected chi connectivity index (χ4v) is 5.33. The van der Waals surface area contributed by atoms with Crippen molar-refractivity contribution in [1.29, 1.82) is 0 Å². The van der Waals surface area contributed by atoms with Crippen molar-refractivity contribution >= 4 is 12.4 Å². The Morgan fingerprint density at radius 1 is 0.361 bits per heavy atom. The van der Waals surface area contributed by atoms with Gasteiger partial charge in [0.1, 0.15) is 0 Å².